The molecule has 1 atom stereocenters. The second-order valence-corrected chi connectivity index (χ2v) is 6.30. The molecule has 27 heavy (non-hydrogen) atoms. The monoisotopic (exact) mass is 365 g/mol. The summed E-state index contributed by atoms with van der Waals surface area (Å²) in [5.41, 5.74) is 3.13. The Labute approximate surface area is 156 Å². The first kappa shape index (κ1) is 17.2. The Balaban J connectivity index is 1.45. The topological polar surface area (TPSA) is 86.5 Å². The molecule has 0 radical (unpaired) electrons. The van der Waals surface area contributed by atoms with Crippen LogP contribution >= 0.6 is 0 Å². The fourth-order valence-electron chi connectivity index (χ4n) is 3.23. The fraction of sp³-hybridized carbons (Fsp3) is 0.250. The minimum Gasteiger partial charge on any atom is -0.410 e. The van der Waals surface area contributed by atoms with E-state index in [9.17, 15) is 4.79 Å². The van der Waals surface area contributed by atoms with E-state index in [-0.39, 0.29) is 12.6 Å². The Bertz CT molecular complexity index is 939. The number of fused-ring (bicyclic) bond motifs is 1. The van der Waals surface area contributed by atoms with Crippen LogP contribution in [0.2, 0.25) is 0 Å². The standard InChI is InChI=1S/C20H19N3O4/c1-25-12-18-22-19(23-27-18)14-7-9-16-13(11-14)8-10-17(16)21-20(24)26-15-5-3-2-4-6-15/h2-7,9,11,17H,8,10,12H2,1H3,(H,21,24)/t17-/m1/s1. The van der Waals surface area contributed by atoms with Crippen LogP contribution in [0.25, 0.3) is 11.4 Å². The number of methoxy groups -OCH3 is 1. The highest BCUT2D eigenvalue weighted by Gasteiger charge is 2.25. The highest BCUT2D eigenvalue weighted by Crippen LogP contribution is 2.33. The number of nitrogens with one attached hydrogen (secondary N) is 1. The van der Waals surface area contributed by atoms with Gasteiger partial charge in [0.05, 0.1) is 6.04 Å². The Kier molecular flexibility index (Phi) is 4.84. The van der Waals surface area contributed by atoms with Crippen molar-refractivity contribution in [3.63, 3.8) is 0 Å². The molecule has 1 aromatic heterocycles. The molecule has 1 aliphatic rings. The fourth-order valence-corrected chi connectivity index (χ4v) is 3.23. The number of amides is 1. The van der Waals surface area contributed by atoms with Crippen LogP contribution in [0.3, 0.4) is 0 Å². The lowest BCUT2D eigenvalue weighted by atomic mass is 10.0. The number of carbonyl (C=O) groups excluding carboxylic acids is 1. The number of hydrogen-bond acceptors (Lipinski definition) is 6. The van der Waals surface area contributed by atoms with E-state index in [0.29, 0.717) is 17.5 Å². The van der Waals surface area contributed by atoms with E-state index in [2.05, 4.69) is 15.5 Å². The first-order chi connectivity index (χ1) is 13.2. The van der Waals surface area contributed by atoms with Crippen LogP contribution in [0.5, 0.6) is 5.75 Å². The van der Waals surface area contributed by atoms with Crippen molar-refractivity contribution in [2.75, 3.05) is 7.11 Å². The number of carbonyl (C=O) groups is 1. The van der Waals surface area contributed by atoms with Crippen LogP contribution in [0, 0.1) is 0 Å². The van der Waals surface area contributed by atoms with Gasteiger partial charge in [0.1, 0.15) is 12.4 Å². The van der Waals surface area contributed by atoms with Gasteiger partial charge >= 0.3 is 6.09 Å². The molecule has 4 rings (SSSR count). The summed E-state index contributed by atoms with van der Waals surface area (Å²) in [5.74, 6) is 1.49. The molecule has 0 fully saturated rings. The Hall–Kier alpha value is -3.19. The number of rotatable bonds is 5. The lowest BCUT2D eigenvalue weighted by Crippen LogP contribution is -2.29. The number of ether oxygens (including phenoxy) is 2. The van der Waals surface area contributed by atoms with Gasteiger partial charge in [-0.3, -0.25) is 0 Å². The molecule has 1 heterocycles. The van der Waals surface area contributed by atoms with E-state index in [1.165, 1.54) is 0 Å². The van der Waals surface area contributed by atoms with Crippen LogP contribution in [0.4, 0.5) is 4.79 Å². The zero-order valence-electron chi connectivity index (χ0n) is 14.8. The van der Waals surface area contributed by atoms with Crippen molar-refractivity contribution in [3.05, 3.63) is 65.5 Å². The first-order valence-corrected chi connectivity index (χ1v) is 8.71. The average molecular weight is 365 g/mol. The number of aromatic nitrogens is 2. The average Bonchev–Trinajstić information content (AvgIpc) is 3.30. The summed E-state index contributed by atoms with van der Waals surface area (Å²) < 4.78 is 15.5. The molecule has 0 saturated carbocycles. The van der Waals surface area contributed by atoms with Crippen molar-refractivity contribution < 1.29 is 18.8 Å². The third kappa shape index (κ3) is 3.83. The lowest BCUT2D eigenvalue weighted by Gasteiger charge is -2.14. The molecular formula is C20H19N3O4. The van der Waals surface area contributed by atoms with Crippen molar-refractivity contribution in [2.45, 2.75) is 25.5 Å². The van der Waals surface area contributed by atoms with Crippen molar-refractivity contribution in [2.24, 2.45) is 0 Å². The maximum atomic E-state index is 12.2. The zero-order chi connectivity index (χ0) is 18.6. The molecule has 0 bridgehead atoms. The molecular weight excluding hydrogens is 346 g/mol. The molecule has 1 aliphatic carbocycles. The molecule has 0 saturated heterocycles. The summed E-state index contributed by atoms with van der Waals surface area (Å²) in [6.45, 7) is 0.285. The molecule has 138 valence electrons. The molecule has 7 nitrogen and oxygen atoms in total. The summed E-state index contributed by atoms with van der Waals surface area (Å²) in [6.07, 6.45) is 1.23. The SMILES string of the molecule is COCc1nc(-c2ccc3c(c2)CC[C@H]3NC(=O)Oc2ccccc2)no1. The van der Waals surface area contributed by atoms with E-state index in [4.69, 9.17) is 14.0 Å². The van der Waals surface area contributed by atoms with Crippen molar-refractivity contribution in [1.29, 1.82) is 0 Å². The highest BCUT2D eigenvalue weighted by molar-refractivity contribution is 5.71. The predicted octanol–water partition coefficient (Wildman–Crippen LogP) is 3.66. The number of benzene rings is 2. The predicted molar refractivity (Wildman–Crippen MR) is 97.1 cm³/mol. The Morgan fingerprint density at radius 3 is 2.93 bits per heavy atom. The van der Waals surface area contributed by atoms with E-state index >= 15 is 0 Å². The smallest absolute Gasteiger partial charge is 0.410 e. The maximum Gasteiger partial charge on any atom is 0.413 e. The second-order valence-electron chi connectivity index (χ2n) is 6.30. The third-order valence-electron chi connectivity index (χ3n) is 4.46. The zero-order valence-corrected chi connectivity index (χ0v) is 14.8. The summed E-state index contributed by atoms with van der Waals surface area (Å²) >= 11 is 0. The molecule has 1 amide bonds. The van der Waals surface area contributed by atoms with Crippen LogP contribution in [-0.4, -0.2) is 23.3 Å². The summed E-state index contributed by atoms with van der Waals surface area (Å²) in [6, 6.07) is 14.9. The first-order valence-electron chi connectivity index (χ1n) is 8.71. The van der Waals surface area contributed by atoms with Crippen LogP contribution in [-0.2, 0) is 17.8 Å². The van der Waals surface area contributed by atoms with E-state index in [1.807, 2.05) is 36.4 Å². The van der Waals surface area contributed by atoms with E-state index in [0.717, 1.165) is 29.5 Å². The number of hydrogen-bond donors (Lipinski definition) is 1. The Morgan fingerprint density at radius 1 is 1.26 bits per heavy atom. The minimum atomic E-state index is -0.453. The molecule has 0 unspecified atom stereocenters. The van der Waals surface area contributed by atoms with E-state index in [1.54, 1.807) is 19.2 Å². The third-order valence-corrected chi connectivity index (χ3v) is 4.46. The molecule has 0 aliphatic heterocycles. The van der Waals surface area contributed by atoms with Crippen molar-refractivity contribution >= 4 is 6.09 Å². The number of aryl methyl sites for hydroxylation is 1. The molecule has 1 N–H and O–H groups in total. The minimum absolute atomic E-state index is 0.0698. The van der Waals surface area contributed by atoms with Crippen LogP contribution < -0.4 is 10.1 Å². The van der Waals surface area contributed by atoms with Gasteiger partial charge in [0.2, 0.25) is 5.82 Å². The van der Waals surface area contributed by atoms with Crippen molar-refractivity contribution in [3.8, 4) is 17.1 Å². The van der Waals surface area contributed by atoms with Gasteiger partial charge in [0.25, 0.3) is 5.89 Å². The van der Waals surface area contributed by atoms with Gasteiger partial charge in [-0.05, 0) is 42.2 Å². The van der Waals surface area contributed by atoms with Crippen LogP contribution in [0.1, 0.15) is 29.5 Å². The van der Waals surface area contributed by atoms with Gasteiger partial charge < -0.3 is 19.3 Å². The van der Waals surface area contributed by atoms with Crippen molar-refractivity contribution in [1.82, 2.24) is 15.5 Å². The summed E-state index contributed by atoms with van der Waals surface area (Å²) in [7, 11) is 1.58. The summed E-state index contributed by atoms with van der Waals surface area (Å²) in [4.78, 5) is 16.5. The molecule has 3 aromatic rings. The van der Waals surface area contributed by atoms with Gasteiger partial charge in [0, 0.05) is 12.7 Å². The lowest BCUT2D eigenvalue weighted by molar-refractivity contribution is 0.151. The van der Waals surface area contributed by atoms with Crippen LogP contribution in [0.15, 0.2) is 53.1 Å². The molecule has 2 aromatic carbocycles. The van der Waals surface area contributed by atoms with Gasteiger partial charge in [0.15, 0.2) is 0 Å². The van der Waals surface area contributed by atoms with Gasteiger partial charge in [-0.25, -0.2) is 4.79 Å². The van der Waals surface area contributed by atoms with Gasteiger partial charge in [-0.15, -0.1) is 0 Å². The van der Waals surface area contributed by atoms with E-state index < -0.39 is 6.09 Å². The normalized spacial score (nSPS) is 15.4. The van der Waals surface area contributed by atoms with Gasteiger partial charge in [-0.2, -0.15) is 4.98 Å². The second kappa shape index (κ2) is 7.59. The molecule has 7 heteroatoms. The summed E-state index contributed by atoms with van der Waals surface area (Å²) in [5, 5.41) is 6.93. The Morgan fingerprint density at radius 2 is 2.11 bits per heavy atom. The van der Waals surface area contributed by atoms with Gasteiger partial charge in [-0.1, -0.05) is 35.5 Å². The number of nitrogens with zero attached hydrogens (tertiary/aromatic N) is 2. The maximum absolute atomic E-state index is 12.2. The molecule has 0 spiro atoms. The highest BCUT2D eigenvalue weighted by atomic mass is 16.6. The number of para-hydroxylation sites is 1. The largest absolute Gasteiger partial charge is 0.413 e. The quantitative estimate of drug-likeness (QED) is 0.742.